The lowest BCUT2D eigenvalue weighted by atomic mass is 9.85. The molecule has 2 heteroatoms. The zero-order chi connectivity index (χ0) is 20.5. The highest BCUT2D eigenvalue weighted by Crippen LogP contribution is 2.36. The average Bonchev–Trinajstić information content (AvgIpc) is 3.14. The first-order chi connectivity index (χ1) is 14.7. The molecule has 1 aromatic heterocycles. The fourth-order valence-corrected chi connectivity index (χ4v) is 4.41. The second-order valence-electron chi connectivity index (χ2n) is 7.86. The van der Waals surface area contributed by atoms with E-state index >= 15 is 0 Å². The fourth-order valence-electron chi connectivity index (χ4n) is 4.41. The minimum absolute atomic E-state index is 0.00610. The molecule has 146 valence electrons. The molecule has 0 bridgehead atoms. The van der Waals surface area contributed by atoms with Gasteiger partial charge in [-0.3, -0.25) is 4.79 Å². The van der Waals surface area contributed by atoms with Crippen LogP contribution >= 0.6 is 0 Å². The van der Waals surface area contributed by atoms with Crippen LogP contribution in [0.4, 0.5) is 0 Å². The Morgan fingerprint density at radius 2 is 1.50 bits per heavy atom. The molecule has 1 heterocycles. The van der Waals surface area contributed by atoms with E-state index in [9.17, 15) is 4.79 Å². The fraction of sp³-hybridized carbons (Fsp3) is 0.107. The first kappa shape index (κ1) is 18.4. The molecule has 1 unspecified atom stereocenters. The lowest BCUT2D eigenvalue weighted by Gasteiger charge is -2.18. The van der Waals surface area contributed by atoms with Gasteiger partial charge in [-0.2, -0.15) is 0 Å². The van der Waals surface area contributed by atoms with E-state index in [0.29, 0.717) is 6.42 Å². The van der Waals surface area contributed by atoms with E-state index in [1.165, 1.54) is 32.8 Å². The molecule has 1 atom stereocenters. The van der Waals surface area contributed by atoms with E-state index in [4.69, 9.17) is 0 Å². The van der Waals surface area contributed by atoms with Crippen molar-refractivity contribution < 1.29 is 4.79 Å². The van der Waals surface area contributed by atoms with Gasteiger partial charge in [0.1, 0.15) is 0 Å². The highest BCUT2D eigenvalue weighted by Gasteiger charge is 2.23. The Morgan fingerprint density at radius 1 is 0.800 bits per heavy atom. The molecule has 2 nitrogen and oxygen atoms in total. The number of carbonyl (C=O) groups excluding carboxylic acids is 1. The van der Waals surface area contributed by atoms with E-state index in [2.05, 4.69) is 84.5 Å². The number of hydrogen-bond donors (Lipinski definition) is 0. The number of benzene rings is 4. The van der Waals surface area contributed by atoms with Crippen LogP contribution in [0.5, 0.6) is 0 Å². The quantitative estimate of drug-likeness (QED) is 0.305. The molecule has 0 saturated heterocycles. The molecular formula is C28H23NO. The highest BCUT2D eigenvalue weighted by molar-refractivity contribution is 5.97. The van der Waals surface area contributed by atoms with Gasteiger partial charge in [-0.25, -0.2) is 0 Å². The summed E-state index contributed by atoms with van der Waals surface area (Å²) < 4.78 is 2.16. The Morgan fingerprint density at radius 3 is 2.33 bits per heavy atom. The number of nitrogens with zero attached hydrogens (tertiary/aromatic N) is 1. The second kappa shape index (κ2) is 7.64. The van der Waals surface area contributed by atoms with E-state index in [0.717, 1.165) is 5.56 Å². The standard InChI is InChI=1S/C28H23NO/c1-29-19-26(24-13-7-8-14-27(24)29)25(18-28(30)21-10-3-2-4-11-21)23-16-15-20-9-5-6-12-22(20)17-23/h2-17,19,25H,18H2,1H3. The van der Waals surface area contributed by atoms with Crippen molar-refractivity contribution >= 4 is 27.5 Å². The highest BCUT2D eigenvalue weighted by atomic mass is 16.1. The molecule has 30 heavy (non-hydrogen) atoms. The van der Waals surface area contributed by atoms with E-state index in [1.807, 2.05) is 30.3 Å². The summed E-state index contributed by atoms with van der Waals surface area (Å²) in [6.45, 7) is 0. The Bertz CT molecular complexity index is 1350. The predicted octanol–water partition coefficient (Wildman–Crippen LogP) is 6.74. The van der Waals surface area contributed by atoms with Gasteiger partial charge in [0.2, 0.25) is 0 Å². The normalized spacial score (nSPS) is 12.3. The molecule has 0 N–H and O–H groups in total. The van der Waals surface area contributed by atoms with Crippen LogP contribution in [0.15, 0.2) is 103 Å². The molecule has 0 amide bonds. The van der Waals surface area contributed by atoms with E-state index in [1.54, 1.807) is 0 Å². The second-order valence-corrected chi connectivity index (χ2v) is 7.86. The molecule has 0 spiro atoms. The van der Waals surface area contributed by atoms with Gasteiger partial charge in [0.25, 0.3) is 0 Å². The number of Topliss-reactive ketones (excluding diaryl/α,β-unsaturated/α-hetero) is 1. The van der Waals surface area contributed by atoms with Gasteiger partial charge in [-0.15, -0.1) is 0 Å². The summed E-state index contributed by atoms with van der Waals surface area (Å²) in [7, 11) is 2.07. The van der Waals surface area contributed by atoms with Gasteiger partial charge in [0.15, 0.2) is 5.78 Å². The van der Waals surface area contributed by atoms with Crippen LogP contribution in [0.3, 0.4) is 0 Å². The molecule has 4 aromatic carbocycles. The average molecular weight is 389 g/mol. The number of rotatable bonds is 5. The first-order valence-electron chi connectivity index (χ1n) is 10.3. The molecule has 0 aliphatic carbocycles. The monoisotopic (exact) mass is 389 g/mol. The Labute approximate surface area is 176 Å². The summed E-state index contributed by atoms with van der Waals surface area (Å²) in [6, 6.07) is 33.0. The largest absolute Gasteiger partial charge is 0.350 e. The van der Waals surface area contributed by atoms with Crippen LogP contribution in [-0.4, -0.2) is 10.4 Å². The van der Waals surface area contributed by atoms with Crippen LogP contribution in [-0.2, 0) is 7.05 Å². The third-order valence-corrected chi connectivity index (χ3v) is 5.96. The summed E-state index contributed by atoms with van der Waals surface area (Å²) in [5.74, 6) is 0.162. The van der Waals surface area contributed by atoms with Crippen LogP contribution in [0.25, 0.3) is 21.7 Å². The van der Waals surface area contributed by atoms with Crippen LogP contribution in [0, 0.1) is 0 Å². The van der Waals surface area contributed by atoms with Gasteiger partial charge in [0.05, 0.1) is 0 Å². The predicted molar refractivity (Wildman–Crippen MR) is 124 cm³/mol. The number of aryl methyl sites for hydroxylation is 1. The van der Waals surface area contributed by atoms with E-state index in [-0.39, 0.29) is 11.7 Å². The van der Waals surface area contributed by atoms with Crippen molar-refractivity contribution in [2.45, 2.75) is 12.3 Å². The zero-order valence-corrected chi connectivity index (χ0v) is 17.0. The summed E-state index contributed by atoms with van der Waals surface area (Å²) in [6.07, 6.45) is 2.62. The van der Waals surface area contributed by atoms with Crippen LogP contribution in [0.2, 0.25) is 0 Å². The number of fused-ring (bicyclic) bond motifs is 2. The number of ketones is 1. The summed E-state index contributed by atoms with van der Waals surface area (Å²) in [4.78, 5) is 13.2. The van der Waals surface area contributed by atoms with Crippen LogP contribution < -0.4 is 0 Å². The minimum Gasteiger partial charge on any atom is -0.350 e. The lowest BCUT2D eigenvalue weighted by molar-refractivity contribution is 0.0978. The van der Waals surface area contributed by atoms with Crippen molar-refractivity contribution in [1.29, 1.82) is 0 Å². The smallest absolute Gasteiger partial charge is 0.163 e. The molecule has 5 rings (SSSR count). The molecule has 0 fully saturated rings. The zero-order valence-electron chi connectivity index (χ0n) is 17.0. The van der Waals surface area contributed by atoms with Crippen molar-refractivity contribution in [3.8, 4) is 0 Å². The van der Waals surface area contributed by atoms with Crippen molar-refractivity contribution in [3.63, 3.8) is 0 Å². The molecule has 0 aliphatic heterocycles. The third-order valence-electron chi connectivity index (χ3n) is 5.96. The first-order valence-corrected chi connectivity index (χ1v) is 10.3. The Hall–Kier alpha value is -3.65. The summed E-state index contributed by atoms with van der Waals surface area (Å²) in [5.41, 5.74) is 4.33. The summed E-state index contributed by atoms with van der Waals surface area (Å²) in [5, 5.41) is 3.62. The Kier molecular flexibility index (Phi) is 4.68. The molecule has 0 aliphatic rings. The topological polar surface area (TPSA) is 22.0 Å². The molecule has 0 saturated carbocycles. The number of aromatic nitrogens is 1. The van der Waals surface area contributed by atoms with Crippen molar-refractivity contribution in [2.75, 3.05) is 0 Å². The van der Waals surface area contributed by atoms with Crippen molar-refractivity contribution in [1.82, 2.24) is 4.57 Å². The van der Waals surface area contributed by atoms with Crippen LogP contribution in [0.1, 0.15) is 33.8 Å². The van der Waals surface area contributed by atoms with Gasteiger partial charge >= 0.3 is 0 Å². The molecule has 5 aromatic rings. The maximum absolute atomic E-state index is 13.2. The van der Waals surface area contributed by atoms with Gasteiger partial charge in [0, 0.05) is 42.0 Å². The number of carbonyl (C=O) groups is 1. The molecule has 0 radical (unpaired) electrons. The lowest BCUT2D eigenvalue weighted by Crippen LogP contribution is -2.09. The molecular weight excluding hydrogens is 366 g/mol. The maximum atomic E-state index is 13.2. The Balaban J connectivity index is 1.65. The van der Waals surface area contributed by atoms with Crippen molar-refractivity contribution in [2.24, 2.45) is 7.05 Å². The van der Waals surface area contributed by atoms with Gasteiger partial charge in [-0.05, 0) is 28.0 Å². The minimum atomic E-state index is -0.00610. The van der Waals surface area contributed by atoms with Gasteiger partial charge in [-0.1, -0.05) is 91.0 Å². The van der Waals surface area contributed by atoms with Crippen molar-refractivity contribution in [3.05, 3.63) is 120 Å². The van der Waals surface area contributed by atoms with E-state index < -0.39 is 0 Å². The number of hydrogen-bond acceptors (Lipinski definition) is 1. The SMILES string of the molecule is Cn1cc(C(CC(=O)c2ccccc2)c2ccc3ccccc3c2)c2ccccc21. The number of para-hydroxylation sites is 1. The van der Waals surface area contributed by atoms with Gasteiger partial charge < -0.3 is 4.57 Å². The summed E-state index contributed by atoms with van der Waals surface area (Å²) >= 11 is 0. The maximum Gasteiger partial charge on any atom is 0.163 e. The third kappa shape index (κ3) is 3.31.